The summed E-state index contributed by atoms with van der Waals surface area (Å²) >= 11 is 0. The summed E-state index contributed by atoms with van der Waals surface area (Å²) in [5, 5.41) is 8.39. The van der Waals surface area contributed by atoms with Crippen molar-refractivity contribution in [3.8, 4) is 0 Å². The van der Waals surface area contributed by atoms with Gasteiger partial charge >= 0.3 is 6.18 Å². The van der Waals surface area contributed by atoms with Crippen LogP contribution in [-0.4, -0.2) is 68.8 Å². The number of hydrogen-bond acceptors (Lipinski definition) is 4. The first-order valence-electron chi connectivity index (χ1n) is 7.45. The molecule has 8 heteroatoms. The van der Waals surface area contributed by atoms with Crippen LogP contribution in [0.25, 0.3) is 0 Å². The highest BCUT2D eigenvalue weighted by atomic mass is 19.4. The molecule has 3 N–H and O–H groups in total. The summed E-state index contributed by atoms with van der Waals surface area (Å²) in [6.45, 7) is 2.26. The molecule has 1 unspecified atom stereocenters. The Morgan fingerprint density at radius 1 is 1.29 bits per heavy atom. The fraction of sp³-hybridized carbons (Fsp3) is 0.923. The first kappa shape index (κ1) is 16.5. The number of nitrogens with zero attached hydrogens (tertiary/aromatic N) is 1. The summed E-state index contributed by atoms with van der Waals surface area (Å²) in [4.78, 5) is 13.0. The molecule has 0 radical (unpaired) electrons. The van der Waals surface area contributed by atoms with Crippen molar-refractivity contribution in [1.82, 2.24) is 20.9 Å². The van der Waals surface area contributed by atoms with Crippen molar-refractivity contribution in [2.45, 2.75) is 25.1 Å². The van der Waals surface area contributed by atoms with E-state index in [2.05, 4.69) is 16.0 Å². The zero-order chi connectivity index (χ0) is 15.3. The molecule has 1 saturated carbocycles. The lowest BCUT2D eigenvalue weighted by atomic mass is 10.2. The molecule has 1 aliphatic heterocycles. The number of piperazine rings is 1. The first-order valence-corrected chi connectivity index (χ1v) is 7.45. The van der Waals surface area contributed by atoms with Gasteiger partial charge in [-0.1, -0.05) is 0 Å². The molecular weight excluding hydrogens is 285 g/mol. The summed E-state index contributed by atoms with van der Waals surface area (Å²) in [6.07, 6.45) is -1.98. The minimum atomic E-state index is -4.33. The van der Waals surface area contributed by atoms with Gasteiger partial charge in [0.25, 0.3) is 0 Å². The maximum atomic E-state index is 13.1. The third-order valence-corrected chi connectivity index (χ3v) is 3.88. The third-order valence-electron chi connectivity index (χ3n) is 3.88. The molecule has 0 bridgehead atoms. The highest BCUT2D eigenvalue weighted by Gasteiger charge is 2.43. The monoisotopic (exact) mass is 308 g/mol. The number of carbonyl (C=O) groups is 1. The average molecular weight is 308 g/mol. The van der Waals surface area contributed by atoms with Gasteiger partial charge in [-0.2, -0.15) is 13.2 Å². The van der Waals surface area contributed by atoms with E-state index in [1.165, 1.54) is 17.7 Å². The van der Waals surface area contributed by atoms with Crippen LogP contribution in [0.1, 0.15) is 12.8 Å². The van der Waals surface area contributed by atoms with Gasteiger partial charge in [-0.05, 0) is 25.3 Å². The van der Waals surface area contributed by atoms with Crippen LogP contribution in [0.4, 0.5) is 13.2 Å². The molecule has 0 aromatic heterocycles. The van der Waals surface area contributed by atoms with Crippen molar-refractivity contribution in [2.75, 3.05) is 45.8 Å². The van der Waals surface area contributed by atoms with E-state index in [1.807, 2.05) is 0 Å². The fourth-order valence-corrected chi connectivity index (χ4v) is 2.43. The Labute approximate surface area is 122 Å². The molecule has 1 aliphatic carbocycles. The Morgan fingerprint density at radius 3 is 2.52 bits per heavy atom. The lowest BCUT2D eigenvalue weighted by Crippen LogP contribution is -2.58. The Balaban J connectivity index is 1.73. The van der Waals surface area contributed by atoms with Crippen LogP contribution < -0.4 is 16.0 Å². The van der Waals surface area contributed by atoms with Gasteiger partial charge in [-0.25, -0.2) is 0 Å². The van der Waals surface area contributed by atoms with Crippen LogP contribution in [0.3, 0.4) is 0 Å². The van der Waals surface area contributed by atoms with Crippen LogP contribution in [0.15, 0.2) is 0 Å². The molecule has 21 heavy (non-hydrogen) atoms. The molecule has 2 aliphatic rings. The van der Waals surface area contributed by atoms with Gasteiger partial charge in [0, 0.05) is 32.7 Å². The second-order valence-corrected chi connectivity index (χ2v) is 5.72. The highest BCUT2D eigenvalue weighted by molar-refractivity contribution is 5.78. The number of nitrogens with one attached hydrogen (secondary N) is 3. The molecule has 0 aromatic rings. The Kier molecular flexibility index (Phi) is 5.83. The van der Waals surface area contributed by atoms with Gasteiger partial charge in [0.05, 0.1) is 6.54 Å². The van der Waals surface area contributed by atoms with Gasteiger partial charge in [0.15, 0.2) is 0 Å². The van der Waals surface area contributed by atoms with Crippen LogP contribution >= 0.6 is 0 Å². The van der Waals surface area contributed by atoms with E-state index in [4.69, 9.17) is 0 Å². The lowest BCUT2D eigenvalue weighted by Gasteiger charge is -2.35. The van der Waals surface area contributed by atoms with Gasteiger partial charge < -0.3 is 16.0 Å². The maximum Gasteiger partial charge on any atom is 0.405 e. The molecule has 1 amide bonds. The predicted molar refractivity (Wildman–Crippen MR) is 72.9 cm³/mol. The minimum absolute atomic E-state index is 0.0859. The Hall–Kier alpha value is -0.860. The van der Waals surface area contributed by atoms with Crippen molar-refractivity contribution >= 4 is 5.91 Å². The minimum Gasteiger partial charge on any atom is -0.353 e. The predicted octanol–water partition coefficient (Wildman–Crippen LogP) is -0.0617. The highest BCUT2D eigenvalue weighted by Crippen LogP contribution is 2.27. The average Bonchev–Trinajstić information content (AvgIpc) is 3.23. The molecule has 1 saturated heterocycles. The number of rotatable bonds is 7. The summed E-state index contributed by atoms with van der Waals surface area (Å²) in [7, 11) is 0. The first-order chi connectivity index (χ1) is 9.97. The van der Waals surface area contributed by atoms with Crippen LogP contribution in [-0.2, 0) is 4.79 Å². The summed E-state index contributed by atoms with van der Waals surface area (Å²) in [5.41, 5.74) is 0. The van der Waals surface area contributed by atoms with E-state index >= 15 is 0 Å². The largest absolute Gasteiger partial charge is 0.405 e. The molecule has 1 atom stereocenters. The van der Waals surface area contributed by atoms with E-state index in [0.717, 1.165) is 6.54 Å². The molecule has 0 aromatic carbocycles. The van der Waals surface area contributed by atoms with Crippen molar-refractivity contribution in [3.05, 3.63) is 0 Å². The number of carbonyl (C=O) groups excluding carboxylic acids is 1. The van der Waals surface area contributed by atoms with E-state index in [9.17, 15) is 18.0 Å². The van der Waals surface area contributed by atoms with Crippen molar-refractivity contribution in [3.63, 3.8) is 0 Å². The molecule has 2 rings (SSSR count). The third kappa shape index (κ3) is 5.80. The Bertz CT molecular complexity index is 341. The van der Waals surface area contributed by atoms with Gasteiger partial charge in [-0.3, -0.25) is 9.69 Å². The number of halogens is 3. The normalized spacial score (nSPS) is 22.0. The zero-order valence-corrected chi connectivity index (χ0v) is 12.0. The molecule has 0 spiro atoms. The number of amides is 1. The summed E-state index contributed by atoms with van der Waals surface area (Å²) in [5.74, 6) is 0.265. The molecule has 2 fully saturated rings. The SMILES string of the molecule is O=C(CNCC1CC1)NCC(N1CCNCC1)C(F)(F)F. The van der Waals surface area contributed by atoms with Crippen LogP contribution in [0.5, 0.6) is 0 Å². The van der Waals surface area contributed by atoms with Gasteiger partial charge in [0.2, 0.25) is 5.91 Å². The second-order valence-electron chi connectivity index (χ2n) is 5.72. The topological polar surface area (TPSA) is 56.4 Å². The van der Waals surface area contributed by atoms with Gasteiger partial charge in [-0.15, -0.1) is 0 Å². The van der Waals surface area contributed by atoms with Gasteiger partial charge in [0.1, 0.15) is 6.04 Å². The zero-order valence-electron chi connectivity index (χ0n) is 12.0. The standard InChI is InChI=1S/C13H23F3N4O/c14-13(15,16)11(20-5-3-17-4-6-20)8-19-12(21)9-18-7-10-1-2-10/h10-11,17-18H,1-9H2,(H,19,21). The quantitative estimate of drug-likeness (QED) is 0.617. The smallest absolute Gasteiger partial charge is 0.353 e. The van der Waals surface area contributed by atoms with Crippen molar-refractivity contribution < 1.29 is 18.0 Å². The number of hydrogen-bond donors (Lipinski definition) is 3. The fourth-order valence-electron chi connectivity index (χ4n) is 2.43. The Morgan fingerprint density at radius 2 is 1.95 bits per heavy atom. The lowest BCUT2D eigenvalue weighted by molar-refractivity contribution is -0.184. The molecular formula is C13H23F3N4O. The maximum absolute atomic E-state index is 13.1. The summed E-state index contributed by atoms with van der Waals surface area (Å²) < 4.78 is 39.3. The molecule has 5 nitrogen and oxygen atoms in total. The van der Waals surface area contributed by atoms with E-state index in [1.54, 1.807) is 0 Å². The van der Waals surface area contributed by atoms with Crippen molar-refractivity contribution in [1.29, 1.82) is 0 Å². The van der Waals surface area contributed by atoms with E-state index in [0.29, 0.717) is 32.1 Å². The van der Waals surface area contributed by atoms with Crippen molar-refractivity contribution in [2.24, 2.45) is 5.92 Å². The molecule has 1 heterocycles. The number of alkyl halides is 3. The summed E-state index contributed by atoms with van der Waals surface area (Å²) in [6, 6.07) is -1.60. The van der Waals surface area contributed by atoms with E-state index < -0.39 is 12.2 Å². The van der Waals surface area contributed by atoms with Crippen LogP contribution in [0, 0.1) is 5.92 Å². The van der Waals surface area contributed by atoms with Crippen LogP contribution in [0.2, 0.25) is 0 Å². The second kappa shape index (κ2) is 7.42. The van der Waals surface area contributed by atoms with E-state index in [-0.39, 0.29) is 19.0 Å². The molecule has 122 valence electrons.